The van der Waals surface area contributed by atoms with Crippen LogP contribution in [0.2, 0.25) is 5.02 Å². The lowest BCUT2D eigenvalue weighted by Crippen LogP contribution is -2.46. The number of hydrogen-bond acceptors (Lipinski definition) is 6. The molecule has 3 aromatic rings. The predicted octanol–water partition coefficient (Wildman–Crippen LogP) is 5.34. The third kappa shape index (κ3) is 4.77. The highest BCUT2D eigenvalue weighted by molar-refractivity contribution is 6.46. The van der Waals surface area contributed by atoms with Crippen molar-refractivity contribution in [3.05, 3.63) is 93.9 Å². The van der Waals surface area contributed by atoms with Crippen molar-refractivity contribution in [1.82, 2.24) is 9.80 Å². The molecule has 1 unspecified atom stereocenters. The minimum atomic E-state index is -0.843. The molecule has 8 heteroatoms. The van der Waals surface area contributed by atoms with Gasteiger partial charge in [0.2, 0.25) is 0 Å². The molecular weight excluding hydrogens is 492 g/mol. The van der Waals surface area contributed by atoms with Gasteiger partial charge in [-0.25, -0.2) is 0 Å². The van der Waals surface area contributed by atoms with E-state index in [1.54, 1.807) is 29.2 Å². The molecular formula is C29H29ClN2O5. The topological polar surface area (TPSA) is 83.2 Å². The number of aliphatic hydroxyl groups excluding tert-OH is 1. The number of aliphatic hydroxyl groups is 1. The number of halogens is 1. The average molecular weight is 521 g/mol. The van der Waals surface area contributed by atoms with Crippen LogP contribution in [-0.4, -0.2) is 52.8 Å². The molecule has 1 N–H and O–H groups in total. The highest BCUT2D eigenvalue weighted by atomic mass is 35.5. The quantitative estimate of drug-likeness (QED) is 0.268. The van der Waals surface area contributed by atoms with Crippen LogP contribution in [0.15, 0.2) is 70.9 Å². The van der Waals surface area contributed by atoms with Crippen molar-refractivity contribution in [2.75, 3.05) is 20.2 Å². The molecule has 5 rings (SSSR count). The molecule has 2 aliphatic heterocycles. The van der Waals surface area contributed by atoms with Gasteiger partial charge in [0.05, 0.1) is 29.5 Å². The van der Waals surface area contributed by atoms with Crippen LogP contribution in [-0.2, 0) is 16.1 Å². The number of Topliss-reactive ketones (excluding diaryl/α,β-unsaturated/α-hetero) is 1. The molecule has 0 bridgehead atoms. The largest absolute Gasteiger partial charge is 0.507 e. The van der Waals surface area contributed by atoms with Gasteiger partial charge in [0.1, 0.15) is 23.3 Å². The number of likely N-dealkylation sites (tertiary alicyclic amines) is 2. The number of carbonyl (C=O) groups excluding carboxylic acids is 2. The fourth-order valence-electron chi connectivity index (χ4n) is 5.41. The van der Waals surface area contributed by atoms with Crippen molar-refractivity contribution in [2.45, 2.75) is 38.4 Å². The van der Waals surface area contributed by atoms with Gasteiger partial charge < -0.3 is 19.2 Å². The standard InChI is InChI=1S/C29H29ClN2O5/c1-18-15-21(28(36-2)22(30)16-18)26(33)24-25(23-9-6-14-37-23)32(29(35)27(24)34)20-10-12-31(13-11-20)17-19-7-4-3-5-8-19/h3-9,14-16,20,25,33H,10-13,17H2,1-2H3/b26-24-. The Bertz CT molecular complexity index is 1330. The SMILES string of the molecule is COc1c(Cl)cc(C)cc1/C(O)=C1/C(=O)C(=O)N(C2CCN(Cc3ccccc3)CC2)C1c1ccco1. The van der Waals surface area contributed by atoms with Crippen LogP contribution in [0.4, 0.5) is 0 Å². The smallest absolute Gasteiger partial charge is 0.296 e. The second-order valence-corrected chi connectivity index (χ2v) is 9.95. The minimum absolute atomic E-state index is 0.0216. The number of aryl methyl sites for hydroxylation is 1. The molecule has 2 aromatic carbocycles. The molecule has 2 aliphatic rings. The maximum Gasteiger partial charge on any atom is 0.296 e. The Hall–Kier alpha value is -3.55. The van der Waals surface area contributed by atoms with Crippen LogP contribution in [0.3, 0.4) is 0 Å². The molecule has 0 saturated carbocycles. The predicted molar refractivity (Wildman–Crippen MR) is 140 cm³/mol. The maximum absolute atomic E-state index is 13.4. The normalized spacial score (nSPS) is 20.5. The molecule has 7 nitrogen and oxygen atoms in total. The summed E-state index contributed by atoms with van der Waals surface area (Å²) in [5.74, 6) is -1.05. The Balaban J connectivity index is 1.49. The van der Waals surface area contributed by atoms with E-state index in [0.29, 0.717) is 23.6 Å². The zero-order valence-electron chi connectivity index (χ0n) is 20.8. The number of piperidine rings is 1. The van der Waals surface area contributed by atoms with Crippen molar-refractivity contribution in [3.8, 4) is 5.75 Å². The van der Waals surface area contributed by atoms with E-state index in [9.17, 15) is 14.7 Å². The molecule has 192 valence electrons. The molecule has 1 amide bonds. The molecule has 0 spiro atoms. The zero-order valence-corrected chi connectivity index (χ0v) is 21.6. The van der Waals surface area contributed by atoms with Crippen molar-refractivity contribution in [3.63, 3.8) is 0 Å². The van der Waals surface area contributed by atoms with Crippen molar-refractivity contribution in [2.24, 2.45) is 0 Å². The summed E-state index contributed by atoms with van der Waals surface area (Å²) >= 11 is 6.36. The van der Waals surface area contributed by atoms with Gasteiger partial charge in [-0.2, -0.15) is 0 Å². The Kier molecular flexibility index (Phi) is 7.09. The number of hydrogen-bond donors (Lipinski definition) is 1. The van der Waals surface area contributed by atoms with Gasteiger partial charge in [0.15, 0.2) is 0 Å². The number of nitrogens with zero attached hydrogens (tertiary/aromatic N) is 2. The summed E-state index contributed by atoms with van der Waals surface area (Å²) in [6, 6.07) is 16.1. The number of furan rings is 1. The van der Waals surface area contributed by atoms with E-state index in [1.807, 2.05) is 25.1 Å². The number of amides is 1. The van der Waals surface area contributed by atoms with E-state index in [2.05, 4.69) is 17.0 Å². The Morgan fingerprint density at radius 1 is 1.11 bits per heavy atom. The number of ether oxygens (including phenoxy) is 1. The van der Waals surface area contributed by atoms with Gasteiger partial charge in [-0.05, 0) is 55.2 Å². The maximum atomic E-state index is 13.4. The summed E-state index contributed by atoms with van der Waals surface area (Å²) in [5.41, 5.74) is 2.26. The van der Waals surface area contributed by atoms with E-state index in [1.165, 1.54) is 18.9 Å². The number of benzene rings is 2. The molecule has 37 heavy (non-hydrogen) atoms. The first-order chi connectivity index (χ1) is 17.9. The van der Waals surface area contributed by atoms with Crippen molar-refractivity contribution in [1.29, 1.82) is 0 Å². The molecule has 3 heterocycles. The van der Waals surface area contributed by atoms with Crippen LogP contribution in [0.5, 0.6) is 5.75 Å². The van der Waals surface area contributed by atoms with Gasteiger partial charge in [-0.1, -0.05) is 41.9 Å². The first-order valence-electron chi connectivity index (χ1n) is 12.3. The number of ketones is 1. The van der Waals surface area contributed by atoms with E-state index in [-0.39, 0.29) is 28.7 Å². The highest BCUT2D eigenvalue weighted by Crippen LogP contribution is 2.44. The third-order valence-corrected chi connectivity index (χ3v) is 7.42. The second-order valence-electron chi connectivity index (χ2n) is 9.54. The minimum Gasteiger partial charge on any atom is -0.507 e. The lowest BCUT2D eigenvalue weighted by Gasteiger charge is -2.38. The zero-order chi connectivity index (χ0) is 26.1. The fourth-order valence-corrected chi connectivity index (χ4v) is 5.76. The highest BCUT2D eigenvalue weighted by Gasteiger charge is 2.50. The first kappa shape index (κ1) is 25.1. The number of methoxy groups -OCH3 is 1. The van der Waals surface area contributed by atoms with Crippen LogP contribution in [0.1, 0.15) is 41.3 Å². The molecule has 2 fully saturated rings. The lowest BCUT2D eigenvalue weighted by molar-refractivity contribution is -0.142. The Morgan fingerprint density at radius 3 is 2.49 bits per heavy atom. The van der Waals surface area contributed by atoms with E-state index in [0.717, 1.165) is 25.2 Å². The molecule has 0 radical (unpaired) electrons. The van der Waals surface area contributed by atoms with Crippen LogP contribution in [0.25, 0.3) is 5.76 Å². The first-order valence-corrected chi connectivity index (χ1v) is 12.7. The van der Waals surface area contributed by atoms with Gasteiger partial charge in [-0.3, -0.25) is 14.5 Å². The Labute approximate surface area is 220 Å². The van der Waals surface area contributed by atoms with Crippen LogP contribution >= 0.6 is 11.6 Å². The number of carbonyl (C=O) groups is 2. The summed E-state index contributed by atoms with van der Waals surface area (Å²) in [6.45, 7) is 4.24. The lowest BCUT2D eigenvalue weighted by atomic mass is 9.96. The van der Waals surface area contributed by atoms with Crippen molar-refractivity contribution < 1.29 is 23.8 Å². The third-order valence-electron chi connectivity index (χ3n) is 7.14. The van der Waals surface area contributed by atoms with Gasteiger partial charge >= 0.3 is 0 Å². The Morgan fingerprint density at radius 2 is 1.84 bits per heavy atom. The van der Waals surface area contributed by atoms with E-state index >= 15 is 0 Å². The fraction of sp³-hybridized carbons (Fsp3) is 0.310. The summed E-state index contributed by atoms with van der Waals surface area (Å²) < 4.78 is 11.1. The van der Waals surface area contributed by atoms with Crippen molar-refractivity contribution >= 4 is 29.1 Å². The van der Waals surface area contributed by atoms with Crippen LogP contribution in [0, 0.1) is 6.92 Å². The second kappa shape index (κ2) is 10.4. The molecule has 1 atom stereocenters. The van der Waals surface area contributed by atoms with E-state index < -0.39 is 17.7 Å². The monoisotopic (exact) mass is 520 g/mol. The summed E-state index contributed by atoms with van der Waals surface area (Å²) in [6.07, 6.45) is 2.91. The summed E-state index contributed by atoms with van der Waals surface area (Å²) in [4.78, 5) is 30.8. The molecule has 1 aromatic heterocycles. The van der Waals surface area contributed by atoms with Gasteiger partial charge in [-0.15, -0.1) is 0 Å². The molecule has 0 aliphatic carbocycles. The molecule has 2 saturated heterocycles. The summed E-state index contributed by atoms with van der Waals surface area (Å²) in [7, 11) is 1.44. The van der Waals surface area contributed by atoms with Crippen LogP contribution < -0.4 is 4.74 Å². The number of rotatable bonds is 6. The van der Waals surface area contributed by atoms with Gasteiger partial charge in [0.25, 0.3) is 11.7 Å². The summed E-state index contributed by atoms with van der Waals surface area (Å²) in [5, 5.41) is 11.8. The van der Waals surface area contributed by atoms with E-state index in [4.69, 9.17) is 20.8 Å². The average Bonchev–Trinajstić information content (AvgIpc) is 3.51. The van der Waals surface area contributed by atoms with Gasteiger partial charge in [0, 0.05) is 25.7 Å².